The Balaban J connectivity index is 1.95. The minimum absolute atomic E-state index is 0.0539. The third kappa shape index (κ3) is 2.36. The molecule has 2 heterocycles. The van der Waals surface area contributed by atoms with Crippen LogP contribution in [-0.2, 0) is 4.79 Å². The molecule has 1 aliphatic rings. The zero-order valence-electron chi connectivity index (χ0n) is 10.8. The van der Waals surface area contributed by atoms with Gasteiger partial charge in [-0.1, -0.05) is 36.4 Å². The average molecular weight is 252 g/mol. The van der Waals surface area contributed by atoms with Crippen LogP contribution in [0.5, 0.6) is 0 Å². The molecule has 96 valence electrons. The van der Waals surface area contributed by atoms with Gasteiger partial charge >= 0.3 is 0 Å². The molecule has 1 N–H and O–H groups in total. The highest BCUT2D eigenvalue weighted by Crippen LogP contribution is 2.37. The lowest BCUT2D eigenvalue weighted by Gasteiger charge is -2.19. The van der Waals surface area contributed by atoms with E-state index >= 15 is 0 Å². The lowest BCUT2D eigenvalue weighted by atomic mass is 9.89. The van der Waals surface area contributed by atoms with Gasteiger partial charge in [-0.2, -0.15) is 0 Å². The summed E-state index contributed by atoms with van der Waals surface area (Å²) in [7, 11) is 0. The number of amides is 1. The summed E-state index contributed by atoms with van der Waals surface area (Å²) >= 11 is 0. The van der Waals surface area contributed by atoms with E-state index in [0.29, 0.717) is 6.42 Å². The Morgan fingerprint density at radius 3 is 2.58 bits per heavy atom. The Morgan fingerprint density at radius 1 is 1.11 bits per heavy atom. The number of nitrogens with zero attached hydrogens (tertiary/aromatic N) is 1. The predicted octanol–water partition coefficient (Wildman–Crippen LogP) is 2.73. The van der Waals surface area contributed by atoms with E-state index in [1.165, 1.54) is 0 Å². The first-order valence-electron chi connectivity index (χ1n) is 6.51. The van der Waals surface area contributed by atoms with Crippen LogP contribution in [0.3, 0.4) is 0 Å². The van der Waals surface area contributed by atoms with Crippen LogP contribution in [0.15, 0.2) is 48.7 Å². The first-order chi connectivity index (χ1) is 9.24. The van der Waals surface area contributed by atoms with E-state index in [-0.39, 0.29) is 17.9 Å². The summed E-state index contributed by atoms with van der Waals surface area (Å²) in [5.41, 5.74) is 3.27. The van der Waals surface area contributed by atoms with E-state index in [4.69, 9.17) is 0 Å². The van der Waals surface area contributed by atoms with Gasteiger partial charge in [0.25, 0.3) is 0 Å². The number of carbonyl (C=O) groups excluding carboxylic acids is 1. The summed E-state index contributed by atoms with van der Waals surface area (Å²) in [6.07, 6.45) is 2.42. The lowest BCUT2D eigenvalue weighted by molar-refractivity contribution is -0.119. The van der Waals surface area contributed by atoms with Crippen molar-refractivity contribution in [1.29, 1.82) is 0 Å². The number of carbonyl (C=O) groups is 1. The van der Waals surface area contributed by atoms with Crippen molar-refractivity contribution in [2.24, 2.45) is 0 Å². The number of aromatic nitrogens is 1. The molecular formula is C16H16N2O. The summed E-state index contributed by atoms with van der Waals surface area (Å²) in [4.78, 5) is 16.1. The van der Waals surface area contributed by atoms with E-state index in [2.05, 4.69) is 28.5 Å². The normalized spacial score (nSPS) is 22.3. The molecule has 3 heteroatoms. The fourth-order valence-electron chi connectivity index (χ4n) is 2.64. The van der Waals surface area contributed by atoms with Crippen molar-refractivity contribution in [2.75, 3.05) is 0 Å². The highest BCUT2D eigenvalue weighted by atomic mass is 16.2. The number of aryl methyl sites for hydroxylation is 1. The summed E-state index contributed by atoms with van der Waals surface area (Å²) in [6.45, 7) is 1.97. The van der Waals surface area contributed by atoms with Crippen LogP contribution >= 0.6 is 0 Å². The third-order valence-electron chi connectivity index (χ3n) is 3.65. The molecule has 1 amide bonds. The first kappa shape index (κ1) is 11.9. The van der Waals surface area contributed by atoms with Crippen molar-refractivity contribution in [3.63, 3.8) is 0 Å². The smallest absolute Gasteiger partial charge is 0.221 e. The quantitative estimate of drug-likeness (QED) is 0.893. The minimum Gasteiger partial charge on any atom is -0.349 e. The second-order valence-corrected chi connectivity index (χ2v) is 5.00. The van der Waals surface area contributed by atoms with Crippen molar-refractivity contribution >= 4 is 5.91 Å². The number of rotatable bonds is 2. The summed E-state index contributed by atoms with van der Waals surface area (Å²) < 4.78 is 0. The Morgan fingerprint density at radius 2 is 1.89 bits per heavy atom. The van der Waals surface area contributed by atoms with Crippen molar-refractivity contribution in [2.45, 2.75) is 25.3 Å². The summed E-state index contributed by atoms with van der Waals surface area (Å²) in [6, 6.07) is 14.2. The number of pyridine rings is 1. The molecule has 3 rings (SSSR count). The number of hydrogen-bond donors (Lipinski definition) is 1. The molecule has 1 fully saturated rings. The van der Waals surface area contributed by atoms with E-state index in [1.807, 2.05) is 37.4 Å². The van der Waals surface area contributed by atoms with Gasteiger partial charge in [0.15, 0.2) is 0 Å². The third-order valence-corrected chi connectivity index (χ3v) is 3.65. The molecule has 0 radical (unpaired) electrons. The molecule has 2 unspecified atom stereocenters. The van der Waals surface area contributed by atoms with Gasteiger partial charge < -0.3 is 5.32 Å². The SMILES string of the molecule is Cc1ccc(C2CC(=O)NC2c2ccccc2)cn1. The number of benzene rings is 1. The highest BCUT2D eigenvalue weighted by molar-refractivity contribution is 5.80. The van der Waals surface area contributed by atoms with Gasteiger partial charge in [0.05, 0.1) is 6.04 Å². The van der Waals surface area contributed by atoms with Gasteiger partial charge in [0.1, 0.15) is 0 Å². The number of hydrogen-bond acceptors (Lipinski definition) is 2. The molecule has 0 spiro atoms. The second-order valence-electron chi connectivity index (χ2n) is 5.00. The van der Waals surface area contributed by atoms with Gasteiger partial charge in [-0.3, -0.25) is 9.78 Å². The molecule has 1 saturated heterocycles. The van der Waals surface area contributed by atoms with Crippen molar-refractivity contribution in [3.05, 3.63) is 65.5 Å². The Bertz CT molecular complexity index is 577. The largest absolute Gasteiger partial charge is 0.349 e. The molecule has 0 saturated carbocycles. The summed E-state index contributed by atoms with van der Waals surface area (Å²) in [5, 5.41) is 3.07. The predicted molar refractivity (Wildman–Crippen MR) is 73.7 cm³/mol. The van der Waals surface area contributed by atoms with Crippen LogP contribution < -0.4 is 5.32 Å². The van der Waals surface area contributed by atoms with Gasteiger partial charge in [0, 0.05) is 24.2 Å². The van der Waals surface area contributed by atoms with Crippen molar-refractivity contribution in [3.8, 4) is 0 Å². The molecule has 0 bridgehead atoms. The molecular weight excluding hydrogens is 236 g/mol. The second kappa shape index (κ2) is 4.84. The monoisotopic (exact) mass is 252 g/mol. The van der Waals surface area contributed by atoms with Crippen LogP contribution in [0.4, 0.5) is 0 Å². The topological polar surface area (TPSA) is 42.0 Å². The van der Waals surface area contributed by atoms with E-state index in [9.17, 15) is 4.79 Å². The molecule has 1 aliphatic heterocycles. The van der Waals surface area contributed by atoms with E-state index in [1.54, 1.807) is 0 Å². The fraction of sp³-hybridized carbons (Fsp3) is 0.250. The van der Waals surface area contributed by atoms with Crippen LogP contribution in [-0.4, -0.2) is 10.9 Å². The minimum atomic E-state index is 0.0539. The molecule has 0 aliphatic carbocycles. The molecule has 2 aromatic rings. The van der Waals surface area contributed by atoms with Crippen molar-refractivity contribution < 1.29 is 4.79 Å². The van der Waals surface area contributed by atoms with Gasteiger partial charge in [-0.25, -0.2) is 0 Å². The highest BCUT2D eigenvalue weighted by Gasteiger charge is 2.34. The average Bonchev–Trinajstić information content (AvgIpc) is 2.83. The first-order valence-corrected chi connectivity index (χ1v) is 6.51. The summed E-state index contributed by atoms with van der Waals surface area (Å²) in [5.74, 6) is 0.280. The Kier molecular flexibility index (Phi) is 3.03. The molecule has 19 heavy (non-hydrogen) atoms. The van der Waals surface area contributed by atoms with Crippen LogP contribution in [0.2, 0.25) is 0 Å². The van der Waals surface area contributed by atoms with Crippen LogP contribution in [0.1, 0.15) is 35.2 Å². The zero-order chi connectivity index (χ0) is 13.2. The van der Waals surface area contributed by atoms with Gasteiger partial charge in [0.2, 0.25) is 5.91 Å². The lowest BCUT2D eigenvalue weighted by Crippen LogP contribution is -2.20. The molecule has 2 atom stereocenters. The van der Waals surface area contributed by atoms with Crippen LogP contribution in [0.25, 0.3) is 0 Å². The fourth-order valence-corrected chi connectivity index (χ4v) is 2.64. The van der Waals surface area contributed by atoms with E-state index < -0.39 is 0 Å². The molecule has 3 nitrogen and oxygen atoms in total. The molecule has 1 aromatic heterocycles. The van der Waals surface area contributed by atoms with E-state index in [0.717, 1.165) is 16.8 Å². The Labute approximate surface area is 112 Å². The standard InChI is InChI=1S/C16H16N2O/c1-11-7-8-13(10-17-11)14-9-15(19)18-16(14)12-5-3-2-4-6-12/h2-8,10,14,16H,9H2,1H3,(H,18,19). The maximum atomic E-state index is 11.7. The Hall–Kier alpha value is -2.16. The van der Waals surface area contributed by atoms with Crippen molar-refractivity contribution in [1.82, 2.24) is 10.3 Å². The van der Waals surface area contributed by atoms with Gasteiger partial charge in [-0.05, 0) is 24.1 Å². The van der Waals surface area contributed by atoms with Gasteiger partial charge in [-0.15, -0.1) is 0 Å². The maximum Gasteiger partial charge on any atom is 0.221 e. The van der Waals surface area contributed by atoms with Crippen LogP contribution in [0, 0.1) is 6.92 Å². The molecule has 1 aromatic carbocycles. The zero-order valence-corrected chi connectivity index (χ0v) is 10.8. The number of nitrogens with one attached hydrogen (secondary N) is 1. The maximum absolute atomic E-state index is 11.7.